The van der Waals surface area contributed by atoms with Crippen LogP contribution in [-0.2, 0) is 4.74 Å². The number of hydrogen-bond acceptors (Lipinski definition) is 3. The minimum absolute atomic E-state index is 0. The number of rotatable bonds is 6. The molecule has 0 rings (SSSR count). The Balaban J connectivity index is 0. The van der Waals surface area contributed by atoms with Crippen molar-refractivity contribution in [3.63, 3.8) is 0 Å². The Kier molecular flexibility index (Phi) is 12.1. The van der Waals surface area contributed by atoms with Gasteiger partial charge in [0.1, 0.15) is 0 Å². The monoisotopic (exact) mass is 163 g/mol. The number of methoxy groups -OCH3 is 1. The van der Waals surface area contributed by atoms with E-state index < -0.39 is 0 Å². The van der Waals surface area contributed by atoms with E-state index in [1.807, 2.05) is 0 Å². The van der Waals surface area contributed by atoms with E-state index >= 15 is 0 Å². The van der Waals surface area contributed by atoms with Crippen molar-refractivity contribution < 1.29 is 9.84 Å². The van der Waals surface area contributed by atoms with Crippen LogP contribution >= 0.6 is 0 Å². The van der Waals surface area contributed by atoms with Crippen LogP contribution in [0.15, 0.2) is 0 Å². The number of aliphatic hydroxyl groups is 1. The standard InChI is InChI=1S/C7H17NO2.CH4/c1-3-4-8-5-7(9)6-10-2;/h7-9H,3-6H2,1-2H3;1H4. The van der Waals surface area contributed by atoms with Gasteiger partial charge in [-0.05, 0) is 13.0 Å². The van der Waals surface area contributed by atoms with E-state index in [2.05, 4.69) is 12.2 Å². The molecule has 0 aromatic carbocycles. The molecule has 0 aliphatic heterocycles. The number of hydrogen-bond donors (Lipinski definition) is 2. The van der Waals surface area contributed by atoms with Gasteiger partial charge >= 0.3 is 0 Å². The Hall–Kier alpha value is -0.120. The number of aliphatic hydroxyl groups excluding tert-OH is 1. The van der Waals surface area contributed by atoms with E-state index in [4.69, 9.17) is 9.84 Å². The largest absolute Gasteiger partial charge is 0.389 e. The lowest BCUT2D eigenvalue weighted by molar-refractivity contribution is 0.0647. The molecule has 0 aromatic heterocycles. The van der Waals surface area contributed by atoms with Crippen molar-refractivity contribution in [2.75, 3.05) is 26.8 Å². The van der Waals surface area contributed by atoms with E-state index in [9.17, 15) is 0 Å². The van der Waals surface area contributed by atoms with E-state index in [-0.39, 0.29) is 13.5 Å². The zero-order chi connectivity index (χ0) is 7.82. The van der Waals surface area contributed by atoms with Crippen LogP contribution in [0.25, 0.3) is 0 Å². The molecule has 0 aliphatic carbocycles. The van der Waals surface area contributed by atoms with Gasteiger partial charge in [-0.1, -0.05) is 14.4 Å². The molecule has 1 unspecified atom stereocenters. The van der Waals surface area contributed by atoms with Crippen LogP contribution in [0.1, 0.15) is 20.8 Å². The van der Waals surface area contributed by atoms with Crippen LogP contribution in [-0.4, -0.2) is 38.0 Å². The van der Waals surface area contributed by atoms with Crippen LogP contribution in [0.4, 0.5) is 0 Å². The van der Waals surface area contributed by atoms with E-state index in [0.29, 0.717) is 13.2 Å². The normalized spacial score (nSPS) is 12.3. The Bertz CT molecular complexity index is 69.1. The summed E-state index contributed by atoms with van der Waals surface area (Å²) < 4.78 is 4.74. The van der Waals surface area contributed by atoms with Crippen molar-refractivity contribution in [3.8, 4) is 0 Å². The predicted octanol–water partition coefficient (Wildman–Crippen LogP) is 0.629. The minimum atomic E-state index is -0.364. The van der Waals surface area contributed by atoms with Gasteiger partial charge in [0.05, 0.1) is 12.7 Å². The Morgan fingerprint density at radius 2 is 2.18 bits per heavy atom. The van der Waals surface area contributed by atoms with Crippen LogP contribution in [0, 0.1) is 0 Å². The third-order valence-corrected chi connectivity index (χ3v) is 1.17. The van der Waals surface area contributed by atoms with Gasteiger partial charge in [0.25, 0.3) is 0 Å². The molecule has 3 heteroatoms. The van der Waals surface area contributed by atoms with Gasteiger partial charge in [-0.25, -0.2) is 0 Å². The van der Waals surface area contributed by atoms with Crippen LogP contribution < -0.4 is 5.32 Å². The summed E-state index contributed by atoms with van der Waals surface area (Å²) in [5.74, 6) is 0. The summed E-state index contributed by atoms with van der Waals surface area (Å²) >= 11 is 0. The summed E-state index contributed by atoms with van der Waals surface area (Å²) in [5, 5.41) is 12.2. The molecule has 0 bridgehead atoms. The molecular weight excluding hydrogens is 142 g/mol. The molecule has 0 heterocycles. The highest BCUT2D eigenvalue weighted by molar-refractivity contribution is 4.56. The maximum atomic E-state index is 9.09. The van der Waals surface area contributed by atoms with Crippen molar-refractivity contribution in [2.45, 2.75) is 26.9 Å². The Labute approximate surface area is 69.8 Å². The summed E-state index contributed by atoms with van der Waals surface area (Å²) in [5.41, 5.74) is 0. The van der Waals surface area contributed by atoms with Crippen LogP contribution in [0.2, 0.25) is 0 Å². The van der Waals surface area contributed by atoms with Crippen molar-refractivity contribution in [1.29, 1.82) is 0 Å². The first kappa shape index (κ1) is 13.5. The molecule has 0 amide bonds. The Morgan fingerprint density at radius 3 is 2.64 bits per heavy atom. The van der Waals surface area contributed by atoms with Gasteiger partial charge < -0.3 is 15.2 Å². The molecular formula is C8H21NO2. The molecule has 0 aliphatic rings. The molecule has 0 aromatic rings. The maximum Gasteiger partial charge on any atom is 0.0897 e. The summed E-state index contributed by atoms with van der Waals surface area (Å²) in [6.45, 7) is 4.09. The van der Waals surface area contributed by atoms with Gasteiger partial charge in [0, 0.05) is 13.7 Å². The van der Waals surface area contributed by atoms with E-state index in [1.165, 1.54) is 0 Å². The lowest BCUT2D eigenvalue weighted by Crippen LogP contribution is -2.30. The van der Waals surface area contributed by atoms with Gasteiger partial charge in [-0.2, -0.15) is 0 Å². The van der Waals surface area contributed by atoms with Crippen LogP contribution in [0.3, 0.4) is 0 Å². The molecule has 0 saturated heterocycles. The fourth-order valence-electron chi connectivity index (χ4n) is 0.697. The lowest BCUT2D eigenvalue weighted by Gasteiger charge is -2.09. The topological polar surface area (TPSA) is 41.5 Å². The molecule has 70 valence electrons. The highest BCUT2D eigenvalue weighted by atomic mass is 16.5. The second-order valence-electron chi connectivity index (χ2n) is 2.31. The first-order valence-electron chi connectivity index (χ1n) is 3.69. The maximum absolute atomic E-state index is 9.09. The van der Waals surface area contributed by atoms with E-state index in [0.717, 1.165) is 13.0 Å². The quantitative estimate of drug-likeness (QED) is 0.564. The second kappa shape index (κ2) is 9.88. The zero-order valence-corrected chi connectivity index (χ0v) is 6.76. The average Bonchev–Trinajstić information content (AvgIpc) is 1.89. The molecule has 11 heavy (non-hydrogen) atoms. The summed E-state index contributed by atoms with van der Waals surface area (Å²) in [7, 11) is 1.59. The summed E-state index contributed by atoms with van der Waals surface area (Å²) in [6.07, 6.45) is 0.733. The predicted molar refractivity (Wildman–Crippen MR) is 47.8 cm³/mol. The Morgan fingerprint density at radius 1 is 1.55 bits per heavy atom. The van der Waals surface area contributed by atoms with Gasteiger partial charge in [0.15, 0.2) is 0 Å². The van der Waals surface area contributed by atoms with E-state index in [1.54, 1.807) is 7.11 Å². The molecule has 3 nitrogen and oxygen atoms in total. The van der Waals surface area contributed by atoms with Crippen molar-refractivity contribution in [3.05, 3.63) is 0 Å². The molecule has 0 spiro atoms. The van der Waals surface area contributed by atoms with Gasteiger partial charge in [0.2, 0.25) is 0 Å². The van der Waals surface area contributed by atoms with Crippen molar-refractivity contribution >= 4 is 0 Å². The first-order chi connectivity index (χ1) is 4.81. The molecule has 0 saturated carbocycles. The molecule has 1 atom stereocenters. The zero-order valence-electron chi connectivity index (χ0n) is 6.76. The number of ether oxygens (including phenoxy) is 1. The number of nitrogens with one attached hydrogen (secondary N) is 1. The van der Waals surface area contributed by atoms with Crippen molar-refractivity contribution in [1.82, 2.24) is 5.32 Å². The van der Waals surface area contributed by atoms with Crippen molar-refractivity contribution in [2.24, 2.45) is 0 Å². The summed E-state index contributed by atoms with van der Waals surface area (Å²) in [6, 6.07) is 0. The SMILES string of the molecule is C.CCCNCC(O)COC. The van der Waals surface area contributed by atoms with Gasteiger partial charge in [-0.3, -0.25) is 0 Å². The minimum Gasteiger partial charge on any atom is -0.389 e. The average molecular weight is 163 g/mol. The highest BCUT2D eigenvalue weighted by Gasteiger charge is 1.99. The third kappa shape index (κ3) is 9.88. The molecule has 0 fully saturated rings. The fraction of sp³-hybridized carbons (Fsp3) is 1.00. The first-order valence-corrected chi connectivity index (χ1v) is 3.69. The van der Waals surface area contributed by atoms with Gasteiger partial charge in [-0.15, -0.1) is 0 Å². The summed E-state index contributed by atoms with van der Waals surface area (Å²) in [4.78, 5) is 0. The third-order valence-electron chi connectivity index (χ3n) is 1.17. The van der Waals surface area contributed by atoms with Crippen LogP contribution in [0.5, 0.6) is 0 Å². The molecule has 0 radical (unpaired) electrons. The molecule has 2 N–H and O–H groups in total. The lowest BCUT2D eigenvalue weighted by atomic mass is 10.3. The fourth-order valence-corrected chi connectivity index (χ4v) is 0.697. The highest BCUT2D eigenvalue weighted by Crippen LogP contribution is 1.80. The second-order valence-corrected chi connectivity index (χ2v) is 2.31. The smallest absolute Gasteiger partial charge is 0.0897 e.